The van der Waals surface area contributed by atoms with Crippen LogP contribution in [0.4, 0.5) is 39.8 Å². The molecule has 2 aromatic rings. The van der Waals surface area contributed by atoms with Gasteiger partial charge in [0.15, 0.2) is 0 Å². The van der Waals surface area contributed by atoms with Crippen molar-refractivity contribution in [3.8, 4) is 5.75 Å². The van der Waals surface area contributed by atoms with Gasteiger partial charge in [-0.05, 0) is 31.4 Å². The molecular formula is C22H26F3N5O4. The topological polar surface area (TPSA) is 117 Å². The normalized spacial score (nSPS) is 14.3. The fourth-order valence-electron chi connectivity index (χ4n) is 4.02. The number of carboxylic acid groups (broad SMARTS) is 1. The van der Waals surface area contributed by atoms with Gasteiger partial charge in [0.25, 0.3) is 0 Å². The molecule has 0 radical (unpaired) electrons. The van der Waals surface area contributed by atoms with E-state index >= 15 is 0 Å². The van der Waals surface area contributed by atoms with Gasteiger partial charge in [-0.2, -0.15) is 13.2 Å². The van der Waals surface area contributed by atoms with Crippen LogP contribution in [0, 0.1) is 0 Å². The Morgan fingerprint density at radius 2 is 1.82 bits per heavy atom. The van der Waals surface area contributed by atoms with Crippen molar-refractivity contribution in [2.45, 2.75) is 57.2 Å². The molecule has 12 heteroatoms. The minimum atomic E-state index is -4.27. The molecule has 0 atom stereocenters. The maximum Gasteiger partial charge on any atom is 0.511 e. The second-order valence-electron chi connectivity index (χ2n) is 7.96. The number of nitrogens with zero attached hydrogens (tertiary/aromatic N) is 3. The summed E-state index contributed by atoms with van der Waals surface area (Å²) in [6, 6.07) is 3.66. The van der Waals surface area contributed by atoms with E-state index in [1.807, 2.05) is 4.90 Å². The van der Waals surface area contributed by atoms with E-state index in [-0.39, 0.29) is 30.4 Å². The Hall–Kier alpha value is -3.57. The third kappa shape index (κ3) is 7.78. The number of benzene rings is 1. The van der Waals surface area contributed by atoms with E-state index in [1.54, 1.807) is 6.07 Å². The molecule has 1 fully saturated rings. The minimum Gasteiger partial charge on any atom is -0.449 e. The molecule has 1 aromatic heterocycles. The molecule has 0 aliphatic heterocycles. The van der Waals surface area contributed by atoms with E-state index in [0.717, 1.165) is 32.1 Å². The quantitative estimate of drug-likeness (QED) is 0.329. The molecule has 0 spiro atoms. The zero-order chi connectivity index (χ0) is 24.6. The Morgan fingerprint density at radius 1 is 1.12 bits per heavy atom. The van der Waals surface area contributed by atoms with Crippen LogP contribution in [0.2, 0.25) is 0 Å². The summed E-state index contributed by atoms with van der Waals surface area (Å²) in [5.74, 6) is -0.0338. The SMILES string of the molecule is O=C(Nc1cncnc1)Nc1cc(OC(=O)O)ccc1N(CCCC(F)(F)F)C1CCCCC1. The fourth-order valence-corrected chi connectivity index (χ4v) is 4.02. The second kappa shape index (κ2) is 11.5. The number of nitrogens with one attached hydrogen (secondary N) is 2. The van der Waals surface area contributed by atoms with E-state index in [4.69, 9.17) is 9.84 Å². The van der Waals surface area contributed by atoms with Gasteiger partial charge in [-0.25, -0.2) is 19.6 Å². The molecule has 1 aliphatic carbocycles. The highest BCUT2D eigenvalue weighted by Crippen LogP contribution is 2.36. The first-order chi connectivity index (χ1) is 16.2. The van der Waals surface area contributed by atoms with Gasteiger partial charge < -0.3 is 25.4 Å². The highest BCUT2D eigenvalue weighted by molar-refractivity contribution is 6.02. The molecule has 0 saturated heterocycles. The number of aromatic nitrogens is 2. The standard InChI is InChI=1S/C22H26F3N5O4/c23-22(24,25)9-4-10-30(16-5-2-1-3-6-16)19-8-7-17(34-21(32)33)11-18(19)29-20(31)28-15-12-26-14-27-13-15/h7-8,11-14,16H,1-6,9-10H2,(H,32,33)(H2,28,29,31). The summed E-state index contributed by atoms with van der Waals surface area (Å²) in [6.45, 7) is 0.131. The van der Waals surface area contributed by atoms with Crippen molar-refractivity contribution in [1.29, 1.82) is 0 Å². The molecule has 3 N–H and O–H groups in total. The van der Waals surface area contributed by atoms with Gasteiger partial charge in [-0.1, -0.05) is 19.3 Å². The number of carbonyl (C=O) groups is 2. The van der Waals surface area contributed by atoms with Gasteiger partial charge in [-0.3, -0.25) is 0 Å². The summed E-state index contributed by atoms with van der Waals surface area (Å²) in [5, 5.41) is 14.2. The number of halogens is 3. The van der Waals surface area contributed by atoms with Crippen LogP contribution in [0.3, 0.4) is 0 Å². The van der Waals surface area contributed by atoms with E-state index in [9.17, 15) is 22.8 Å². The van der Waals surface area contributed by atoms with Gasteiger partial charge in [0.2, 0.25) is 0 Å². The van der Waals surface area contributed by atoms with Crippen LogP contribution < -0.4 is 20.3 Å². The molecule has 9 nitrogen and oxygen atoms in total. The third-order valence-electron chi connectivity index (χ3n) is 5.42. The number of alkyl halides is 3. The summed E-state index contributed by atoms with van der Waals surface area (Å²) < 4.78 is 43.2. The molecule has 34 heavy (non-hydrogen) atoms. The van der Waals surface area contributed by atoms with Gasteiger partial charge in [0.05, 0.1) is 29.5 Å². The first kappa shape index (κ1) is 25.1. The van der Waals surface area contributed by atoms with E-state index in [2.05, 4.69) is 20.6 Å². The van der Waals surface area contributed by atoms with Crippen molar-refractivity contribution in [3.05, 3.63) is 36.9 Å². The Morgan fingerprint density at radius 3 is 2.47 bits per heavy atom. The lowest BCUT2D eigenvalue weighted by Gasteiger charge is -2.37. The fraction of sp³-hybridized carbons (Fsp3) is 0.455. The lowest BCUT2D eigenvalue weighted by atomic mass is 9.93. The third-order valence-corrected chi connectivity index (χ3v) is 5.42. The summed E-state index contributed by atoms with van der Waals surface area (Å²) in [7, 11) is 0. The predicted octanol–water partition coefficient (Wildman–Crippen LogP) is 5.66. The average Bonchev–Trinajstić information content (AvgIpc) is 2.77. The number of amides is 2. The smallest absolute Gasteiger partial charge is 0.449 e. The first-order valence-electron chi connectivity index (χ1n) is 10.9. The lowest BCUT2D eigenvalue weighted by molar-refractivity contribution is -0.135. The van der Waals surface area contributed by atoms with E-state index in [1.165, 1.54) is 30.9 Å². The van der Waals surface area contributed by atoms with E-state index in [0.29, 0.717) is 11.4 Å². The molecule has 1 aliphatic rings. The number of urea groups is 1. The van der Waals surface area contributed by atoms with Gasteiger partial charge >= 0.3 is 18.4 Å². The van der Waals surface area contributed by atoms with Crippen molar-refractivity contribution in [1.82, 2.24) is 9.97 Å². The Kier molecular flexibility index (Phi) is 8.50. The summed E-state index contributed by atoms with van der Waals surface area (Å²) in [6.07, 6.45) is 1.85. The van der Waals surface area contributed by atoms with Crippen molar-refractivity contribution >= 4 is 29.2 Å². The maximum atomic E-state index is 12.8. The number of carbonyl (C=O) groups excluding carboxylic acids is 1. The highest BCUT2D eigenvalue weighted by atomic mass is 19.4. The molecule has 184 valence electrons. The van der Waals surface area contributed by atoms with Gasteiger partial charge in [0.1, 0.15) is 12.1 Å². The van der Waals surface area contributed by atoms with Gasteiger partial charge in [0, 0.05) is 25.1 Å². The molecule has 1 heterocycles. The van der Waals surface area contributed by atoms with Crippen LogP contribution in [-0.4, -0.2) is 46.0 Å². The largest absolute Gasteiger partial charge is 0.511 e. The number of rotatable bonds is 8. The van der Waals surface area contributed by atoms with E-state index < -0.39 is 24.8 Å². The second-order valence-corrected chi connectivity index (χ2v) is 7.96. The summed E-state index contributed by atoms with van der Waals surface area (Å²) >= 11 is 0. The van der Waals surface area contributed by atoms with Crippen LogP contribution in [0.15, 0.2) is 36.9 Å². The van der Waals surface area contributed by atoms with Gasteiger partial charge in [-0.15, -0.1) is 0 Å². The Balaban J connectivity index is 1.88. The molecule has 3 rings (SSSR count). The minimum absolute atomic E-state index is 0.000592. The van der Waals surface area contributed by atoms with Crippen molar-refractivity contribution < 1.29 is 32.6 Å². The Labute approximate surface area is 194 Å². The molecule has 1 aromatic carbocycles. The lowest BCUT2D eigenvalue weighted by Crippen LogP contribution is -2.38. The van der Waals surface area contributed by atoms with Crippen LogP contribution in [0.25, 0.3) is 0 Å². The summed E-state index contributed by atoms with van der Waals surface area (Å²) in [4.78, 5) is 33.1. The maximum absolute atomic E-state index is 12.8. The molecule has 0 unspecified atom stereocenters. The van der Waals surface area contributed by atoms with Crippen LogP contribution >= 0.6 is 0 Å². The average molecular weight is 481 g/mol. The Bertz CT molecular complexity index is 969. The van der Waals surface area contributed by atoms with Crippen LogP contribution in [-0.2, 0) is 0 Å². The zero-order valence-corrected chi connectivity index (χ0v) is 18.3. The monoisotopic (exact) mass is 481 g/mol. The van der Waals surface area contributed by atoms with Crippen LogP contribution in [0.5, 0.6) is 5.75 Å². The number of hydrogen-bond acceptors (Lipinski definition) is 6. The highest BCUT2D eigenvalue weighted by Gasteiger charge is 2.29. The van der Waals surface area contributed by atoms with Crippen LogP contribution in [0.1, 0.15) is 44.9 Å². The summed E-state index contributed by atoms with van der Waals surface area (Å²) in [5.41, 5.74) is 1.03. The number of anilines is 3. The molecule has 1 saturated carbocycles. The van der Waals surface area contributed by atoms with Crippen molar-refractivity contribution in [2.75, 3.05) is 22.1 Å². The van der Waals surface area contributed by atoms with Crippen molar-refractivity contribution in [3.63, 3.8) is 0 Å². The zero-order valence-electron chi connectivity index (χ0n) is 18.3. The molecule has 2 amide bonds. The number of hydrogen-bond donors (Lipinski definition) is 3. The number of ether oxygens (including phenoxy) is 1. The molecule has 0 bridgehead atoms. The first-order valence-corrected chi connectivity index (χ1v) is 10.9. The predicted molar refractivity (Wildman–Crippen MR) is 119 cm³/mol. The van der Waals surface area contributed by atoms with Crippen molar-refractivity contribution in [2.24, 2.45) is 0 Å². The molecular weight excluding hydrogens is 455 g/mol.